The largest absolute Gasteiger partial charge is 0.484 e. The van der Waals surface area contributed by atoms with Gasteiger partial charge in [-0.1, -0.05) is 77.5 Å². The predicted molar refractivity (Wildman–Crippen MR) is 143 cm³/mol. The summed E-state index contributed by atoms with van der Waals surface area (Å²) < 4.78 is 6.79. The van der Waals surface area contributed by atoms with Gasteiger partial charge < -0.3 is 15.0 Å². The summed E-state index contributed by atoms with van der Waals surface area (Å²) in [4.78, 5) is 28.7. The molecular formula is C29H33BrN2O3. The van der Waals surface area contributed by atoms with E-state index in [1.54, 1.807) is 4.90 Å². The molecule has 2 amide bonds. The molecule has 0 aliphatic carbocycles. The van der Waals surface area contributed by atoms with Crippen LogP contribution in [0.2, 0.25) is 0 Å². The molecule has 0 saturated heterocycles. The van der Waals surface area contributed by atoms with Crippen molar-refractivity contribution in [2.24, 2.45) is 0 Å². The Hall–Kier alpha value is -3.12. The normalized spacial score (nSPS) is 12.5. The second-order valence-corrected chi connectivity index (χ2v) is 9.69. The van der Waals surface area contributed by atoms with Crippen LogP contribution < -0.4 is 10.1 Å². The van der Waals surface area contributed by atoms with Gasteiger partial charge in [0.2, 0.25) is 5.91 Å². The SMILES string of the molecule is CC[C@@H](C)NC(=O)[C@H](Cc1ccccc1)N(Cc1ccc(Br)cc1)C(=O)COc1cccc(C)c1. The third-order valence-electron chi connectivity index (χ3n) is 5.89. The summed E-state index contributed by atoms with van der Waals surface area (Å²) in [5.41, 5.74) is 2.98. The highest BCUT2D eigenvalue weighted by molar-refractivity contribution is 9.10. The molecule has 3 aromatic carbocycles. The number of nitrogens with one attached hydrogen (secondary N) is 1. The average Bonchev–Trinajstić information content (AvgIpc) is 2.86. The number of amides is 2. The number of ether oxygens (including phenoxy) is 1. The molecule has 0 aliphatic heterocycles. The van der Waals surface area contributed by atoms with Crippen LogP contribution in [-0.4, -0.2) is 35.4 Å². The van der Waals surface area contributed by atoms with Crippen molar-refractivity contribution in [3.63, 3.8) is 0 Å². The van der Waals surface area contributed by atoms with E-state index >= 15 is 0 Å². The van der Waals surface area contributed by atoms with E-state index in [9.17, 15) is 9.59 Å². The minimum atomic E-state index is -0.677. The minimum absolute atomic E-state index is 0.00829. The molecule has 6 heteroatoms. The molecule has 0 radical (unpaired) electrons. The summed E-state index contributed by atoms with van der Waals surface area (Å²) in [6.45, 7) is 6.12. The Morgan fingerprint density at radius 1 is 0.971 bits per heavy atom. The number of halogens is 1. The molecule has 0 fully saturated rings. The van der Waals surface area contributed by atoms with E-state index in [1.165, 1.54) is 0 Å². The summed E-state index contributed by atoms with van der Waals surface area (Å²) in [5.74, 6) is 0.226. The first-order valence-corrected chi connectivity index (χ1v) is 12.7. The highest BCUT2D eigenvalue weighted by Crippen LogP contribution is 2.18. The van der Waals surface area contributed by atoms with Gasteiger partial charge in [-0.05, 0) is 61.2 Å². The smallest absolute Gasteiger partial charge is 0.261 e. The molecule has 0 aromatic heterocycles. The fourth-order valence-electron chi connectivity index (χ4n) is 3.71. The molecule has 0 aliphatic rings. The standard InChI is InChI=1S/C29H33BrN2O3/c1-4-22(3)31-29(34)27(18-23-10-6-5-7-11-23)32(19-24-13-15-25(30)16-14-24)28(33)20-35-26-12-8-9-21(2)17-26/h5-17,22,27H,4,18-20H2,1-3H3,(H,31,34)/t22-,27+/m1/s1. The third-order valence-corrected chi connectivity index (χ3v) is 6.42. The van der Waals surface area contributed by atoms with Gasteiger partial charge in [0.05, 0.1) is 0 Å². The molecule has 0 heterocycles. The van der Waals surface area contributed by atoms with E-state index in [4.69, 9.17) is 4.74 Å². The number of carbonyl (C=O) groups excluding carboxylic acids is 2. The molecular weight excluding hydrogens is 504 g/mol. The van der Waals surface area contributed by atoms with E-state index < -0.39 is 6.04 Å². The zero-order chi connectivity index (χ0) is 25.2. The van der Waals surface area contributed by atoms with Crippen molar-refractivity contribution in [3.8, 4) is 5.75 Å². The van der Waals surface area contributed by atoms with Gasteiger partial charge in [-0.3, -0.25) is 9.59 Å². The quantitative estimate of drug-likeness (QED) is 0.342. The molecule has 35 heavy (non-hydrogen) atoms. The molecule has 3 aromatic rings. The van der Waals surface area contributed by atoms with E-state index in [0.29, 0.717) is 18.7 Å². The Morgan fingerprint density at radius 3 is 2.34 bits per heavy atom. The summed E-state index contributed by atoms with van der Waals surface area (Å²) in [6, 6.07) is 24.5. The van der Waals surface area contributed by atoms with Crippen LogP contribution in [0.15, 0.2) is 83.3 Å². The molecule has 184 valence electrons. The van der Waals surface area contributed by atoms with Crippen LogP contribution in [0.1, 0.15) is 37.0 Å². The number of hydrogen-bond donors (Lipinski definition) is 1. The molecule has 2 atom stereocenters. The highest BCUT2D eigenvalue weighted by Gasteiger charge is 2.31. The van der Waals surface area contributed by atoms with Crippen molar-refractivity contribution in [3.05, 3.63) is 100 Å². The Labute approximate surface area is 216 Å². The number of benzene rings is 3. The number of aryl methyl sites for hydroxylation is 1. The van der Waals surface area contributed by atoms with Crippen LogP contribution in [-0.2, 0) is 22.6 Å². The Morgan fingerprint density at radius 2 is 1.69 bits per heavy atom. The van der Waals surface area contributed by atoms with Crippen molar-refractivity contribution >= 4 is 27.7 Å². The van der Waals surface area contributed by atoms with Crippen LogP contribution in [0.4, 0.5) is 0 Å². The number of rotatable bonds is 11. The number of carbonyl (C=O) groups is 2. The van der Waals surface area contributed by atoms with Gasteiger partial charge in [0, 0.05) is 23.5 Å². The Bertz CT molecular complexity index is 1100. The van der Waals surface area contributed by atoms with Crippen molar-refractivity contribution in [1.29, 1.82) is 0 Å². The lowest BCUT2D eigenvalue weighted by atomic mass is 10.0. The van der Waals surface area contributed by atoms with Gasteiger partial charge in [0.25, 0.3) is 5.91 Å². The average molecular weight is 537 g/mol. The predicted octanol–water partition coefficient (Wildman–Crippen LogP) is 5.69. The monoisotopic (exact) mass is 536 g/mol. The van der Waals surface area contributed by atoms with Crippen LogP contribution in [0.5, 0.6) is 5.75 Å². The Kier molecular flexibility index (Phi) is 9.91. The zero-order valence-corrected chi connectivity index (χ0v) is 22.1. The van der Waals surface area contributed by atoms with Gasteiger partial charge in [-0.15, -0.1) is 0 Å². The Balaban J connectivity index is 1.90. The van der Waals surface area contributed by atoms with Crippen molar-refractivity contribution in [2.75, 3.05) is 6.61 Å². The van der Waals surface area contributed by atoms with E-state index in [-0.39, 0.29) is 24.5 Å². The minimum Gasteiger partial charge on any atom is -0.484 e. The molecule has 0 saturated carbocycles. The van der Waals surface area contributed by atoms with Gasteiger partial charge in [0.1, 0.15) is 11.8 Å². The summed E-state index contributed by atoms with van der Waals surface area (Å²) in [7, 11) is 0. The lowest BCUT2D eigenvalue weighted by Gasteiger charge is -2.32. The van der Waals surface area contributed by atoms with E-state index in [0.717, 1.165) is 27.6 Å². The maximum Gasteiger partial charge on any atom is 0.261 e. The summed E-state index contributed by atoms with van der Waals surface area (Å²) in [5, 5.41) is 3.08. The summed E-state index contributed by atoms with van der Waals surface area (Å²) in [6.07, 6.45) is 1.22. The van der Waals surface area contributed by atoms with E-state index in [2.05, 4.69) is 21.2 Å². The second-order valence-electron chi connectivity index (χ2n) is 8.78. The van der Waals surface area contributed by atoms with Crippen LogP contribution in [0, 0.1) is 6.92 Å². The van der Waals surface area contributed by atoms with Gasteiger partial charge in [-0.2, -0.15) is 0 Å². The third kappa shape index (κ3) is 8.25. The van der Waals surface area contributed by atoms with Gasteiger partial charge in [0.15, 0.2) is 6.61 Å². The van der Waals surface area contributed by atoms with Crippen molar-refractivity contribution in [2.45, 2.75) is 52.2 Å². The number of hydrogen-bond acceptors (Lipinski definition) is 3. The first-order valence-electron chi connectivity index (χ1n) is 11.9. The zero-order valence-electron chi connectivity index (χ0n) is 20.5. The molecule has 0 bridgehead atoms. The maximum atomic E-state index is 13.6. The van der Waals surface area contributed by atoms with Crippen molar-refractivity contribution < 1.29 is 14.3 Å². The fourth-order valence-corrected chi connectivity index (χ4v) is 3.98. The topological polar surface area (TPSA) is 58.6 Å². The van der Waals surface area contributed by atoms with Crippen LogP contribution in [0.25, 0.3) is 0 Å². The second kappa shape index (κ2) is 13.1. The van der Waals surface area contributed by atoms with E-state index in [1.807, 2.05) is 99.6 Å². The van der Waals surface area contributed by atoms with Gasteiger partial charge >= 0.3 is 0 Å². The highest BCUT2D eigenvalue weighted by atomic mass is 79.9. The first-order chi connectivity index (χ1) is 16.9. The van der Waals surface area contributed by atoms with Crippen LogP contribution >= 0.6 is 15.9 Å². The fraction of sp³-hybridized carbons (Fsp3) is 0.310. The lowest BCUT2D eigenvalue weighted by molar-refractivity contribution is -0.143. The lowest BCUT2D eigenvalue weighted by Crippen LogP contribution is -2.53. The van der Waals surface area contributed by atoms with Crippen molar-refractivity contribution in [1.82, 2.24) is 10.2 Å². The summed E-state index contributed by atoms with van der Waals surface area (Å²) >= 11 is 3.46. The molecule has 1 N–H and O–H groups in total. The molecule has 3 rings (SSSR count). The molecule has 0 spiro atoms. The number of nitrogens with zero attached hydrogens (tertiary/aromatic N) is 1. The maximum absolute atomic E-state index is 13.6. The first kappa shape index (κ1) is 26.5. The van der Waals surface area contributed by atoms with Crippen LogP contribution in [0.3, 0.4) is 0 Å². The molecule has 0 unspecified atom stereocenters. The van der Waals surface area contributed by atoms with Gasteiger partial charge in [-0.25, -0.2) is 0 Å². The molecule has 5 nitrogen and oxygen atoms in total.